The molecule has 4 nitrogen and oxygen atoms in total. The minimum Gasteiger partial charge on any atom is -0.402 e. The number of benzene rings is 4. The molecule has 348 valence electrons. The van der Waals surface area contributed by atoms with Gasteiger partial charge in [-0.3, -0.25) is 0 Å². The SMILES string of the molecule is CCCCCCCC[N+](CCCCCCCC)(CCCCCCCC)CCCCCCCC.OB(OC(c1ccccc1)c1ccccc1)OC(c1ccccc1)c1ccccc1. The van der Waals surface area contributed by atoms with E-state index in [2.05, 4.69) is 27.7 Å². The predicted octanol–water partition coefficient (Wildman–Crippen LogP) is 16.8. The minimum absolute atomic E-state index is 0.449. The van der Waals surface area contributed by atoms with Crippen LogP contribution in [0.15, 0.2) is 121 Å². The number of rotatable bonds is 36. The molecule has 63 heavy (non-hydrogen) atoms. The third kappa shape index (κ3) is 24.0. The van der Waals surface area contributed by atoms with Crippen LogP contribution in [0.3, 0.4) is 0 Å². The Bertz CT molecular complexity index is 1340. The first-order chi connectivity index (χ1) is 31.1. The average molecular weight is 861 g/mol. The molecule has 0 heterocycles. The third-order valence-electron chi connectivity index (χ3n) is 12.9. The number of unbranched alkanes of at least 4 members (excludes halogenated alkanes) is 20. The van der Waals surface area contributed by atoms with Gasteiger partial charge in [0, 0.05) is 0 Å². The van der Waals surface area contributed by atoms with Gasteiger partial charge in [0.1, 0.15) is 0 Å². The number of quaternary nitrogens is 1. The lowest BCUT2D eigenvalue weighted by Gasteiger charge is -2.40. The Hall–Kier alpha value is -3.22. The summed E-state index contributed by atoms with van der Waals surface area (Å²) in [4.78, 5) is 0. The second kappa shape index (κ2) is 36.1. The van der Waals surface area contributed by atoms with Gasteiger partial charge in [0.25, 0.3) is 0 Å². The smallest absolute Gasteiger partial charge is 0.402 e. The first-order valence-corrected chi connectivity index (χ1v) is 26.1. The van der Waals surface area contributed by atoms with Crippen LogP contribution in [0, 0.1) is 0 Å². The topological polar surface area (TPSA) is 38.7 Å². The van der Waals surface area contributed by atoms with Crippen LogP contribution in [-0.2, 0) is 9.31 Å². The van der Waals surface area contributed by atoms with Crippen molar-refractivity contribution >= 4 is 7.32 Å². The zero-order valence-corrected chi connectivity index (χ0v) is 40.8. The molecule has 5 heteroatoms. The van der Waals surface area contributed by atoms with Crippen LogP contribution in [0.2, 0.25) is 0 Å². The molecule has 0 aliphatic rings. The highest BCUT2D eigenvalue weighted by Crippen LogP contribution is 2.31. The van der Waals surface area contributed by atoms with Crippen LogP contribution >= 0.6 is 0 Å². The van der Waals surface area contributed by atoms with E-state index in [1.807, 2.05) is 121 Å². The van der Waals surface area contributed by atoms with Crippen molar-refractivity contribution in [3.05, 3.63) is 144 Å². The van der Waals surface area contributed by atoms with E-state index in [-0.39, 0.29) is 0 Å². The standard InChI is InChI=1S/C32H68N.C26H23BO3/c1-5-9-13-17-21-25-29-33(30-26-22-18-14-10-6-2,31-27-23-19-15-11-7-3)32-28-24-20-16-12-8-4;28-27(29-25(21-13-5-1-6-14-21)22-15-7-2-8-16-22)30-26(23-17-9-3-10-18-23)24-19-11-4-12-20-24/h5-32H2,1-4H3;1-20,25-26,28H/q+1;. The number of hydrogen-bond donors (Lipinski definition) is 1. The maximum atomic E-state index is 10.8. The fraction of sp³-hybridized carbons (Fsp3) is 0.586. The summed E-state index contributed by atoms with van der Waals surface area (Å²) in [6, 6.07) is 39.3. The Labute approximate surface area is 388 Å². The van der Waals surface area contributed by atoms with Crippen LogP contribution in [0.4, 0.5) is 0 Å². The fourth-order valence-corrected chi connectivity index (χ4v) is 9.06. The lowest BCUT2D eigenvalue weighted by molar-refractivity contribution is -0.929. The van der Waals surface area contributed by atoms with Crippen molar-refractivity contribution in [3.63, 3.8) is 0 Å². The molecule has 4 aromatic rings. The van der Waals surface area contributed by atoms with Gasteiger partial charge >= 0.3 is 7.32 Å². The van der Waals surface area contributed by atoms with Gasteiger partial charge < -0.3 is 18.8 Å². The maximum absolute atomic E-state index is 10.8. The molecule has 0 saturated heterocycles. The zero-order valence-electron chi connectivity index (χ0n) is 40.8. The van der Waals surface area contributed by atoms with Gasteiger partial charge in [-0.2, -0.15) is 0 Å². The first-order valence-electron chi connectivity index (χ1n) is 26.1. The molecule has 0 aliphatic carbocycles. The molecule has 4 rings (SSSR count). The maximum Gasteiger partial charge on any atom is 0.638 e. The lowest BCUT2D eigenvalue weighted by atomic mass is 9.98. The average Bonchev–Trinajstić information content (AvgIpc) is 3.33. The van der Waals surface area contributed by atoms with Crippen molar-refractivity contribution in [3.8, 4) is 0 Å². The summed E-state index contributed by atoms with van der Waals surface area (Å²) >= 11 is 0. The van der Waals surface area contributed by atoms with Gasteiger partial charge in [-0.25, -0.2) is 0 Å². The zero-order chi connectivity index (χ0) is 44.9. The molecular weight excluding hydrogens is 769 g/mol. The summed E-state index contributed by atoms with van der Waals surface area (Å²) in [6.07, 6.45) is 33.9. The van der Waals surface area contributed by atoms with E-state index < -0.39 is 19.5 Å². The molecule has 0 aliphatic heterocycles. The van der Waals surface area contributed by atoms with Crippen LogP contribution in [0.1, 0.15) is 216 Å². The van der Waals surface area contributed by atoms with E-state index in [1.54, 1.807) is 0 Å². The second-order valence-corrected chi connectivity index (χ2v) is 18.3. The lowest BCUT2D eigenvalue weighted by Crippen LogP contribution is -2.50. The summed E-state index contributed by atoms with van der Waals surface area (Å²) in [7, 11) is -1.42. The van der Waals surface area contributed by atoms with Gasteiger partial charge in [-0.05, 0) is 73.6 Å². The van der Waals surface area contributed by atoms with Crippen molar-refractivity contribution < 1.29 is 18.8 Å². The molecule has 1 N–H and O–H groups in total. The summed E-state index contributed by atoms with van der Waals surface area (Å²) in [5.41, 5.74) is 3.79. The molecule has 0 unspecified atom stereocenters. The summed E-state index contributed by atoms with van der Waals surface area (Å²) < 4.78 is 13.5. The van der Waals surface area contributed by atoms with Gasteiger partial charge in [0.15, 0.2) is 0 Å². The molecule has 0 fully saturated rings. The molecule has 4 aromatic carbocycles. The predicted molar refractivity (Wildman–Crippen MR) is 273 cm³/mol. The van der Waals surface area contributed by atoms with Gasteiger partial charge in [0.05, 0.1) is 38.4 Å². The monoisotopic (exact) mass is 861 g/mol. The number of hydrogen-bond acceptors (Lipinski definition) is 3. The molecule has 0 radical (unpaired) electrons. The van der Waals surface area contributed by atoms with Gasteiger partial charge in [0.2, 0.25) is 0 Å². The van der Waals surface area contributed by atoms with Crippen LogP contribution in [-0.4, -0.2) is 43.0 Å². The van der Waals surface area contributed by atoms with E-state index in [0.29, 0.717) is 0 Å². The van der Waals surface area contributed by atoms with Crippen molar-refractivity contribution in [2.75, 3.05) is 26.2 Å². The van der Waals surface area contributed by atoms with Gasteiger partial charge in [-0.15, -0.1) is 0 Å². The summed E-state index contributed by atoms with van der Waals surface area (Å²) in [5.74, 6) is 0. The van der Waals surface area contributed by atoms with Crippen molar-refractivity contribution in [2.24, 2.45) is 0 Å². The molecule has 0 atom stereocenters. The molecule has 0 spiro atoms. The summed E-state index contributed by atoms with van der Waals surface area (Å²) in [6.45, 7) is 15.3. The number of nitrogens with zero attached hydrogens (tertiary/aromatic N) is 1. The molecule has 0 saturated carbocycles. The minimum atomic E-state index is -1.42. The van der Waals surface area contributed by atoms with Crippen molar-refractivity contribution in [1.82, 2.24) is 0 Å². The van der Waals surface area contributed by atoms with E-state index in [1.165, 1.54) is 185 Å². The highest BCUT2D eigenvalue weighted by molar-refractivity contribution is 6.34. The van der Waals surface area contributed by atoms with Gasteiger partial charge in [-0.1, -0.05) is 252 Å². The highest BCUT2D eigenvalue weighted by Gasteiger charge is 2.30. The van der Waals surface area contributed by atoms with Crippen molar-refractivity contribution in [2.45, 2.75) is 194 Å². The molecular formula is C58H91BNO3+. The molecule has 0 aromatic heterocycles. The third-order valence-corrected chi connectivity index (χ3v) is 12.9. The first kappa shape index (κ1) is 54.1. The Morgan fingerprint density at radius 3 is 0.762 bits per heavy atom. The van der Waals surface area contributed by atoms with E-state index >= 15 is 0 Å². The van der Waals surface area contributed by atoms with E-state index in [0.717, 1.165) is 22.3 Å². The summed E-state index contributed by atoms with van der Waals surface area (Å²) in [5, 5.41) is 10.8. The Kier molecular flexibility index (Phi) is 31.0. The molecule has 0 amide bonds. The Morgan fingerprint density at radius 1 is 0.333 bits per heavy atom. The van der Waals surface area contributed by atoms with Crippen LogP contribution in [0.5, 0.6) is 0 Å². The van der Waals surface area contributed by atoms with E-state index in [4.69, 9.17) is 9.31 Å². The van der Waals surface area contributed by atoms with Crippen LogP contribution < -0.4 is 0 Å². The second-order valence-electron chi connectivity index (χ2n) is 18.3. The normalized spacial score (nSPS) is 11.5. The van der Waals surface area contributed by atoms with Crippen LogP contribution in [0.25, 0.3) is 0 Å². The van der Waals surface area contributed by atoms with E-state index in [9.17, 15) is 5.02 Å². The largest absolute Gasteiger partial charge is 0.638 e. The Morgan fingerprint density at radius 2 is 0.540 bits per heavy atom. The molecule has 0 bridgehead atoms. The quantitative estimate of drug-likeness (QED) is 0.0281. The van der Waals surface area contributed by atoms with Crippen molar-refractivity contribution in [1.29, 1.82) is 0 Å². The Balaban J connectivity index is 0.000000336. The highest BCUT2D eigenvalue weighted by atomic mass is 16.7. The fourth-order valence-electron chi connectivity index (χ4n) is 9.06.